The second-order valence-corrected chi connectivity index (χ2v) is 4.89. The van der Waals surface area contributed by atoms with E-state index in [9.17, 15) is 4.39 Å². The van der Waals surface area contributed by atoms with Gasteiger partial charge in [-0.3, -0.25) is 0 Å². The average Bonchev–Trinajstić information content (AvgIpc) is 2.41. The number of hydrogen-bond donors (Lipinski definition) is 2. The highest BCUT2D eigenvalue weighted by atomic mass is 32.1. The minimum atomic E-state index is -0.266. The molecule has 0 atom stereocenters. The highest BCUT2D eigenvalue weighted by Crippen LogP contribution is 2.13. The van der Waals surface area contributed by atoms with E-state index < -0.39 is 0 Å². The van der Waals surface area contributed by atoms with Crippen LogP contribution in [0.4, 0.5) is 10.1 Å². The van der Waals surface area contributed by atoms with E-state index in [0.717, 1.165) is 32.7 Å². The van der Waals surface area contributed by atoms with E-state index in [1.807, 2.05) is 0 Å². The van der Waals surface area contributed by atoms with Crippen molar-refractivity contribution in [2.24, 2.45) is 0 Å². The van der Waals surface area contributed by atoms with Crippen molar-refractivity contribution in [2.45, 2.75) is 6.92 Å². The first-order valence-corrected chi connectivity index (χ1v) is 6.75. The summed E-state index contributed by atoms with van der Waals surface area (Å²) in [5.41, 5.74) is 0.452. The first-order chi connectivity index (χ1) is 8.70. The van der Waals surface area contributed by atoms with Crippen molar-refractivity contribution in [3.63, 3.8) is 0 Å². The molecule has 0 spiro atoms. The maximum atomic E-state index is 13.5. The molecule has 5 heteroatoms. The van der Waals surface area contributed by atoms with Gasteiger partial charge in [0.25, 0.3) is 0 Å². The number of likely N-dealkylation sites (N-methyl/N-ethyl adjacent to an activating group) is 1. The average molecular weight is 268 g/mol. The molecule has 2 rings (SSSR count). The van der Waals surface area contributed by atoms with Crippen LogP contribution in [0, 0.1) is 5.82 Å². The number of nitrogens with one attached hydrogen (secondary N) is 2. The number of para-hydroxylation sites is 1. The monoisotopic (exact) mass is 268 g/mol. The lowest BCUT2D eigenvalue weighted by Crippen LogP contribution is -3.14. The highest BCUT2D eigenvalue weighted by Gasteiger charge is 2.20. The Balaban J connectivity index is 1.91. The second-order valence-electron chi connectivity index (χ2n) is 4.50. The zero-order valence-electron chi connectivity index (χ0n) is 10.6. The molecule has 0 bridgehead atoms. The second kappa shape index (κ2) is 6.11. The summed E-state index contributed by atoms with van der Waals surface area (Å²) >= 11 is 5.33. The molecule has 1 fully saturated rings. The lowest BCUT2D eigenvalue weighted by Gasteiger charge is -2.33. The van der Waals surface area contributed by atoms with Crippen molar-refractivity contribution < 1.29 is 9.29 Å². The summed E-state index contributed by atoms with van der Waals surface area (Å²) in [4.78, 5) is 3.71. The van der Waals surface area contributed by atoms with Crippen LogP contribution in [0.2, 0.25) is 0 Å². The molecule has 1 aromatic rings. The Kier molecular flexibility index (Phi) is 4.49. The molecule has 0 unspecified atom stereocenters. The molecule has 1 aliphatic heterocycles. The van der Waals surface area contributed by atoms with E-state index >= 15 is 0 Å². The summed E-state index contributed by atoms with van der Waals surface area (Å²) in [6, 6.07) is 6.61. The van der Waals surface area contributed by atoms with Crippen LogP contribution in [0.25, 0.3) is 0 Å². The smallest absolute Gasteiger partial charge is 0.173 e. The molecule has 1 aliphatic rings. The lowest BCUT2D eigenvalue weighted by atomic mass is 10.3. The third-order valence-electron chi connectivity index (χ3n) is 3.37. The molecular formula is C13H19FN3S+. The fourth-order valence-electron chi connectivity index (χ4n) is 2.14. The molecule has 0 radical (unpaired) electrons. The van der Waals surface area contributed by atoms with Crippen LogP contribution in [0.1, 0.15) is 6.92 Å². The van der Waals surface area contributed by atoms with Gasteiger partial charge in [0.15, 0.2) is 5.11 Å². The van der Waals surface area contributed by atoms with E-state index in [-0.39, 0.29) is 5.82 Å². The Hall–Kier alpha value is -1.20. The number of piperazine rings is 1. The molecule has 0 amide bonds. The number of halogens is 1. The van der Waals surface area contributed by atoms with E-state index in [1.165, 1.54) is 6.07 Å². The topological polar surface area (TPSA) is 19.7 Å². The molecule has 98 valence electrons. The van der Waals surface area contributed by atoms with Crippen molar-refractivity contribution in [1.82, 2.24) is 4.90 Å². The zero-order chi connectivity index (χ0) is 13.0. The number of hydrogen-bond acceptors (Lipinski definition) is 1. The van der Waals surface area contributed by atoms with Crippen LogP contribution in [-0.4, -0.2) is 42.7 Å². The number of anilines is 1. The molecule has 18 heavy (non-hydrogen) atoms. The normalized spacial score (nSPS) is 16.7. The van der Waals surface area contributed by atoms with Gasteiger partial charge < -0.3 is 15.1 Å². The van der Waals surface area contributed by atoms with Crippen molar-refractivity contribution in [3.05, 3.63) is 30.1 Å². The van der Waals surface area contributed by atoms with Crippen LogP contribution in [0.3, 0.4) is 0 Å². The SMILES string of the molecule is CC[NH+]1CCN(C(=S)Nc2ccccc2F)CC1. The van der Waals surface area contributed by atoms with Crippen LogP contribution >= 0.6 is 12.2 Å². The quantitative estimate of drug-likeness (QED) is 0.772. The van der Waals surface area contributed by atoms with Gasteiger partial charge in [-0.05, 0) is 31.3 Å². The maximum Gasteiger partial charge on any atom is 0.173 e. The molecule has 0 aromatic heterocycles. The summed E-state index contributed by atoms with van der Waals surface area (Å²) in [5, 5.41) is 3.61. The van der Waals surface area contributed by atoms with Gasteiger partial charge in [-0.2, -0.15) is 0 Å². The van der Waals surface area contributed by atoms with E-state index in [4.69, 9.17) is 12.2 Å². The lowest BCUT2D eigenvalue weighted by molar-refractivity contribution is -0.902. The predicted molar refractivity (Wildman–Crippen MR) is 75.4 cm³/mol. The standard InChI is InChI=1S/C13H18FN3S/c1-2-16-7-9-17(10-8-16)13(18)15-12-6-4-3-5-11(12)14/h3-6H,2,7-10H2,1H3,(H,15,18)/p+1. The molecule has 3 nitrogen and oxygen atoms in total. The minimum Gasteiger partial charge on any atom is -0.338 e. The number of thiocarbonyl (C=S) groups is 1. The van der Waals surface area contributed by atoms with Gasteiger partial charge in [0, 0.05) is 0 Å². The molecular weight excluding hydrogens is 249 g/mol. The molecule has 1 saturated heterocycles. The van der Waals surface area contributed by atoms with Crippen LogP contribution in [-0.2, 0) is 0 Å². The van der Waals surface area contributed by atoms with Gasteiger partial charge in [-0.25, -0.2) is 4.39 Å². The van der Waals surface area contributed by atoms with E-state index in [2.05, 4.69) is 17.1 Å². The summed E-state index contributed by atoms with van der Waals surface area (Å²) in [5.74, 6) is -0.266. The molecule has 2 N–H and O–H groups in total. The number of benzene rings is 1. The van der Waals surface area contributed by atoms with Gasteiger partial charge in [0.1, 0.15) is 5.82 Å². The van der Waals surface area contributed by atoms with Gasteiger partial charge in [0.05, 0.1) is 38.4 Å². The highest BCUT2D eigenvalue weighted by molar-refractivity contribution is 7.80. The van der Waals surface area contributed by atoms with E-state index in [1.54, 1.807) is 23.1 Å². The minimum absolute atomic E-state index is 0.266. The summed E-state index contributed by atoms with van der Waals surface area (Å²) < 4.78 is 13.5. The summed E-state index contributed by atoms with van der Waals surface area (Å²) in [6.45, 7) is 7.40. The van der Waals surface area contributed by atoms with E-state index in [0.29, 0.717) is 10.8 Å². The molecule has 0 saturated carbocycles. The molecule has 1 aromatic carbocycles. The van der Waals surface area contributed by atoms with Crippen LogP contribution in [0.15, 0.2) is 24.3 Å². The largest absolute Gasteiger partial charge is 0.338 e. The van der Waals surface area contributed by atoms with Crippen molar-refractivity contribution >= 4 is 23.0 Å². The Bertz CT molecular complexity index is 416. The molecule has 1 heterocycles. The first kappa shape index (κ1) is 13.2. The summed E-state index contributed by atoms with van der Waals surface area (Å²) in [7, 11) is 0. The Morgan fingerprint density at radius 2 is 2.06 bits per heavy atom. The Labute approximate surface area is 113 Å². The third-order valence-corrected chi connectivity index (χ3v) is 3.73. The van der Waals surface area contributed by atoms with Gasteiger partial charge in [-0.15, -0.1) is 0 Å². The number of quaternary nitrogens is 1. The summed E-state index contributed by atoms with van der Waals surface area (Å²) in [6.07, 6.45) is 0. The fourth-order valence-corrected chi connectivity index (χ4v) is 2.43. The van der Waals surface area contributed by atoms with Crippen molar-refractivity contribution in [3.8, 4) is 0 Å². The van der Waals surface area contributed by atoms with Crippen LogP contribution in [0.5, 0.6) is 0 Å². The number of nitrogens with zero attached hydrogens (tertiary/aromatic N) is 1. The predicted octanol–water partition coefficient (Wildman–Crippen LogP) is 0.743. The van der Waals surface area contributed by atoms with Gasteiger partial charge in [-0.1, -0.05) is 12.1 Å². The van der Waals surface area contributed by atoms with Gasteiger partial charge >= 0.3 is 0 Å². The third kappa shape index (κ3) is 3.17. The Morgan fingerprint density at radius 1 is 1.39 bits per heavy atom. The maximum absolute atomic E-state index is 13.5. The number of rotatable bonds is 2. The first-order valence-electron chi connectivity index (χ1n) is 6.34. The molecule has 0 aliphatic carbocycles. The van der Waals surface area contributed by atoms with Gasteiger partial charge in [0.2, 0.25) is 0 Å². The Morgan fingerprint density at radius 3 is 2.67 bits per heavy atom. The zero-order valence-corrected chi connectivity index (χ0v) is 11.4. The van der Waals surface area contributed by atoms with Crippen LogP contribution < -0.4 is 10.2 Å². The van der Waals surface area contributed by atoms with Crippen molar-refractivity contribution in [2.75, 3.05) is 38.0 Å². The fraction of sp³-hybridized carbons (Fsp3) is 0.462. The van der Waals surface area contributed by atoms with Crippen molar-refractivity contribution in [1.29, 1.82) is 0 Å².